The maximum Gasteiger partial charge on any atom is 0.410 e. The summed E-state index contributed by atoms with van der Waals surface area (Å²) in [4.78, 5) is 28.2. The molecule has 2 heterocycles. The molecule has 34 heavy (non-hydrogen) atoms. The molecule has 5 rings (SSSR count). The van der Waals surface area contributed by atoms with Crippen molar-refractivity contribution in [3.05, 3.63) is 52.0 Å². The summed E-state index contributed by atoms with van der Waals surface area (Å²) >= 11 is 3.54. The fraction of sp³-hybridized carbons (Fsp3) is 0.481. The van der Waals surface area contributed by atoms with E-state index in [1.54, 1.807) is 0 Å². The number of ketones is 1. The van der Waals surface area contributed by atoms with Gasteiger partial charge in [-0.25, -0.2) is 4.79 Å². The average molecular weight is 527 g/mol. The van der Waals surface area contributed by atoms with E-state index in [-0.39, 0.29) is 11.9 Å². The van der Waals surface area contributed by atoms with Gasteiger partial charge in [-0.15, -0.1) is 0 Å². The van der Waals surface area contributed by atoms with Gasteiger partial charge in [-0.05, 0) is 103 Å². The Morgan fingerprint density at radius 2 is 1.71 bits per heavy atom. The van der Waals surface area contributed by atoms with Crippen LogP contribution in [0.25, 0.3) is 0 Å². The van der Waals surface area contributed by atoms with Crippen LogP contribution < -0.4 is 9.64 Å². The van der Waals surface area contributed by atoms with Crippen LogP contribution in [0.1, 0.15) is 49.5 Å². The third-order valence-corrected chi connectivity index (χ3v) is 7.36. The number of benzene rings is 2. The quantitative estimate of drug-likeness (QED) is 0.473. The van der Waals surface area contributed by atoms with Crippen LogP contribution in [0, 0.1) is 11.8 Å². The normalized spacial score (nSPS) is 18.4. The van der Waals surface area contributed by atoms with E-state index in [0.29, 0.717) is 18.3 Å². The van der Waals surface area contributed by atoms with Crippen molar-refractivity contribution in [1.82, 2.24) is 4.90 Å². The number of Topliss-reactive ketones (excluding diaryl/α,β-unsaturated/α-hetero) is 1. The molecule has 0 spiro atoms. The van der Waals surface area contributed by atoms with Crippen LogP contribution >= 0.6 is 15.9 Å². The number of aryl methyl sites for hydroxylation is 1. The monoisotopic (exact) mass is 526 g/mol. The first-order chi connectivity index (χ1) is 16.1. The number of hydrogen-bond acceptors (Lipinski definition) is 5. The average Bonchev–Trinajstić information content (AvgIpc) is 3.05. The summed E-state index contributed by atoms with van der Waals surface area (Å²) in [6, 6.07) is 12.1. The Labute approximate surface area is 209 Å². The van der Waals surface area contributed by atoms with Crippen LogP contribution in [0.15, 0.2) is 40.9 Å². The Hall–Kier alpha value is -2.54. The molecule has 0 aromatic heterocycles. The lowest BCUT2D eigenvalue weighted by Crippen LogP contribution is -2.55. The molecule has 3 aliphatic rings. The molecule has 2 aliphatic heterocycles. The standard InChI is InChI=1S/C27H31BrN2O4/c1-27(2,3)34-26(32)30-15-18(16-30)10-17-13-29(14-17)20-5-7-21(8-6-20)33-25-11-19-4-9-24(31)22(19)12-23(25)28/h5-8,11-12,17-18H,4,9-10,13-16H2,1-3H3. The molecule has 0 atom stereocenters. The van der Waals surface area contributed by atoms with Gasteiger partial charge in [-0.2, -0.15) is 0 Å². The summed E-state index contributed by atoms with van der Waals surface area (Å²) in [5.74, 6) is 2.98. The lowest BCUT2D eigenvalue weighted by atomic mass is 9.84. The van der Waals surface area contributed by atoms with Gasteiger partial charge in [0.15, 0.2) is 5.78 Å². The van der Waals surface area contributed by atoms with Crippen molar-refractivity contribution in [3.8, 4) is 11.5 Å². The number of likely N-dealkylation sites (tertiary alicyclic amines) is 1. The molecule has 7 heteroatoms. The van der Waals surface area contributed by atoms with Crippen molar-refractivity contribution in [3.63, 3.8) is 0 Å². The van der Waals surface area contributed by atoms with Crippen LogP contribution in [0.5, 0.6) is 11.5 Å². The van der Waals surface area contributed by atoms with Gasteiger partial charge in [-0.1, -0.05) is 0 Å². The molecule has 2 saturated heterocycles. The first kappa shape index (κ1) is 23.2. The smallest absolute Gasteiger partial charge is 0.410 e. The Kier molecular flexibility index (Phi) is 6.09. The van der Waals surface area contributed by atoms with E-state index in [1.165, 1.54) is 5.69 Å². The number of halogens is 1. The van der Waals surface area contributed by atoms with Crippen LogP contribution in [0.3, 0.4) is 0 Å². The second kappa shape index (κ2) is 8.91. The molecule has 0 radical (unpaired) electrons. The zero-order valence-electron chi connectivity index (χ0n) is 20.0. The highest BCUT2D eigenvalue weighted by molar-refractivity contribution is 9.10. The van der Waals surface area contributed by atoms with E-state index in [1.807, 2.05) is 49.9 Å². The van der Waals surface area contributed by atoms with E-state index in [2.05, 4.69) is 33.0 Å². The van der Waals surface area contributed by atoms with Gasteiger partial charge in [0.2, 0.25) is 0 Å². The predicted molar refractivity (Wildman–Crippen MR) is 135 cm³/mol. The van der Waals surface area contributed by atoms with Crippen LogP contribution in [0.2, 0.25) is 0 Å². The Morgan fingerprint density at radius 1 is 1.03 bits per heavy atom. The number of nitrogens with zero attached hydrogens (tertiary/aromatic N) is 2. The number of rotatable bonds is 5. The number of carbonyl (C=O) groups is 2. The fourth-order valence-corrected chi connectivity index (χ4v) is 5.39. The van der Waals surface area contributed by atoms with Crippen molar-refractivity contribution in [2.45, 2.75) is 45.6 Å². The van der Waals surface area contributed by atoms with Gasteiger partial charge >= 0.3 is 6.09 Å². The molecule has 0 N–H and O–H groups in total. The molecular weight excluding hydrogens is 496 g/mol. The van der Waals surface area contributed by atoms with E-state index in [9.17, 15) is 9.59 Å². The number of fused-ring (bicyclic) bond motifs is 1. The van der Waals surface area contributed by atoms with Gasteiger partial charge in [0, 0.05) is 43.9 Å². The maximum atomic E-state index is 12.1. The van der Waals surface area contributed by atoms with Crippen LogP contribution in [-0.4, -0.2) is 48.6 Å². The molecular formula is C27H31BrN2O4. The van der Waals surface area contributed by atoms with Crippen molar-refractivity contribution in [2.75, 3.05) is 31.1 Å². The number of carbonyl (C=O) groups excluding carboxylic acids is 2. The Morgan fingerprint density at radius 3 is 2.38 bits per heavy atom. The van der Waals surface area contributed by atoms with Crippen molar-refractivity contribution < 1.29 is 19.1 Å². The van der Waals surface area contributed by atoms with Crippen molar-refractivity contribution in [2.24, 2.45) is 11.8 Å². The largest absolute Gasteiger partial charge is 0.456 e. The van der Waals surface area contributed by atoms with Gasteiger partial charge in [0.1, 0.15) is 17.1 Å². The molecule has 0 bridgehead atoms. The molecule has 180 valence electrons. The predicted octanol–water partition coefficient (Wildman–Crippen LogP) is 6.06. The summed E-state index contributed by atoms with van der Waals surface area (Å²) in [6.07, 6.45) is 2.33. The highest BCUT2D eigenvalue weighted by atomic mass is 79.9. The molecule has 0 saturated carbocycles. The molecule has 2 aromatic rings. The van der Waals surface area contributed by atoms with Crippen LogP contribution in [-0.2, 0) is 11.2 Å². The van der Waals surface area contributed by atoms with Crippen molar-refractivity contribution in [1.29, 1.82) is 0 Å². The minimum atomic E-state index is -0.435. The summed E-state index contributed by atoms with van der Waals surface area (Å²) in [6.45, 7) is 9.42. The summed E-state index contributed by atoms with van der Waals surface area (Å²) < 4.78 is 12.3. The van der Waals surface area contributed by atoms with E-state index < -0.39 is 5.60 Å². The third kappa shape index (κ3) is 4.95. The SMILES string of the molecule is CC(C)(C)OC(=O)N1CC(CC2CN(c3ccc(Oc4cc5c(cc4Br)C(=O)CC5)cc3)C2)C1. The minimum absolute atomic E-state index is 0.193. The van der Waals surface area contributed by atoms with E-state index >= 15 is 0 Å². The fourth-order valence-electron chi connectivity index (χ4n) is 4.97. The topological polar surface area (TPSA) is 59.1 Å². The summed E-state index contributed by atoms with van der Waals surface area (Å²) in [5, 5.41) is 0. The van der Waals surface area contributed by atoms with Gasteiger partial charge in [-0.3, -0.25) is 4.79 Å². The number of hydrogen-bond donors (Lipinski definition) is 0. The second-order valence-electron chi connectivity index (χ2n) is 10.7. The highest BCUT2D eigenvalue weighted by Gasteiger charge is 2.37. The first-order valence-corrected chi connectivity index (χ1v) is 12.8. The zero-order chi connectivity index (χ0) is 24.0. The number of anilines is 1. The number of amides is 1. The maximum absolute atomic E-state index is 12.1. The summed E-state index contributed by atoms with van der Waals surface area (Å²) in [7, 11) is 0. The molecule has 0 unspecified atom stereocenters. The van der Waals surface area contributed by atoms with E-state index in [4.69, 9.17) is 9.47 Å². The Balaban J connectivity index is 1.08. The van der Waals surface area contributed by atoms with Crippen LogP contribution in [0.4, 0.5) is 10.5 Å². The van der Waals surface area contributed by atoms with Crippen molar-refractivity contribution >= 4 is 33.5 Å². The number of ether oxygens (including phenoxy) is 2. The molecule has 2 aromatic carbocycles. The molecule has 1 amide bonds. The molecule has 1 aliphatic carbocycles. The Bertz CT molecular complexity index is 1100. The first-order valence-electron chi connectivity index (χ1n) is 12.0. The van der Waals surface area contributed by atoms with Gasteiger partial charge < -0.3 is 19.3 Å². The lowest BCUT2D eigenvalue weighted by molar-refractivity contribution is -0.00510. The zero-order valence-corrected chi connectivity index (χ0v) is 21.6. The molecule has 2 fully saturated rings. The lowest BCUT2D eigenvalue weighted by Gasteiger charge is -2.46. The second-order valence-corrected chi connectivity index (χ2v) is 11.6. The third-order valence-electron chi connectivity index (χ3n) is 6.74. The van der Waals surface area contributed by atoms with Gasteiger partial charge in [0.25, 0.3) is 0 Å². The minimum Gasteiger partial charge on any atom is -0.456 e. The summed E-state index contributed by atoms with van der Waals surface area (Å²) in [5.41, 5.74) is 2.63. The van der Waals surface area contributed by atoms with E-state index in [0.717, 1.165) is 66.1 Å². The highest BCUT2D eigenvalue weighted by Crippen LogP contribution is 2.37. The molecule has 6 nitrogen and oxygen atoms in total. The van der Waals surface area contributed by atoms with Gasteiger partial charge in [0.05, 0.1) is 4.47 Å².